The number of likely N-dealkylation sites (N-methyl/N-ethyl adjacent to an activating group) is 1. The van der Waals surface area contributed by atoms with Crippen LogP contribution >= 0.6 is 11.3 Å². The van der Waals surface area contributed by atoms with Crippen molar-refractivity contribution in [3.63, 3.8) is 0 Å². The van der Waals surface area contributed by atoms with Crippen LogP contribution in [0.2, 0.25) is 0 Å². The molecule has 0 saturated heterocycles. The van der Waals surface area contributed by atoms with Crippen molar-refractivity contribution in [1.82, 2.24) is 19.6 Å². The van der Waals surface area contributed by atoms with Crippen molar-refractivity contribution in [2.45, 2.75) is 44.9 Å². The fourth-order valence-electron chi connectivity index (χ4n) is 3.33. The van der Waals surface area contributed by atoms with Gasteiger partial charge >= 0.3 is 0 Å². The van der Waals surface area contributed by atoms with E-state index in [1.807, 2.05) is 34.6 Å². The normalized spacial score (nSPS) is 15.8. The molecule has 0 spiro atoms. The Labute approximate surface area is 159 Å². The summed E-state index contributed by atoms with van der Waals surface area (Å²) in [6.45, 7) is 2.70. The minimum absolute atomic E-state index is 0.214. The van der Waals surface area contributed by atoms with Crippen molar-refractivity contribution < 1.29 is 9.90 Å². The molecule has 0 bridgehead atoms. The maximum Gasteiger partial charge on any atom is 0.222 e. The topological polar surface area (TPSA) is 61.6 Å². The van der Waals surface area contributed by atoms with Gasteiger partial charge in [0.1, 0.15) is 6.10 Å². The predicted octanol–water partition coefficient (Wildman–Crippen LogP) is 2.29. The number of aliphatic hydroxyl groups is 1. The predicted molar refractivity (Wildman–Crippen MR) is 103 cm³/mol. The average molecular weight is 377 g/mol. The Morgan fingerprint density at radius 1 is 1.42 bits per heavy atom. The van der Waals surface area contributed by atoms with Gasteiger partial charge in [0, 0.05) is 30.9 Å². The van der Waals surface area contributed by atoms with Crippen LogP contribution in [0.3, 0.4) is 0 Å². The van der Waals surface area contributed by atoms with Crippen LogP contribution in [0.4, 0.5) is 0 Å². The Balaban J connectivity index is 1.57. The number of thiophene rings is 1. The van der Waals surface area contributed by atoms with Crippen LogP contribution in [-0.4, -0.2) is 57.8 Å². The van der Waals surface area contributed by atoms with Gasteiger partial charge in [0.05, 0.1) is 17.9 Å². The van der Waals surface area contributed by atoms with Gasteiger partial charge in [-0.3, -0.25) is 9.48 Å². The summed E-state index contributed by atoms with van der Waals surface area (Å²) in [6.07, 6.45) is 2.74. The first-order valence-corrected chi connectivity index (χ1v) is 10.1. The van der Waals surface area contributed by atoms with Crippen LogP contribution in [0.1, 0.15) is 41.6 Å². The van der Waals surface area contributed by atoms with E-state index in [9.17, 15) is 9.90 Å². The third-order valence-corrected chi connectivity index (χ3v) is 5.60. The second-order valence-corrected chi connectivity index (χ2v) is 8.20. The summed E-state index contributed by atoms with van der Waals surface area (Å²) >= 11 is 1.75. The molecule has 7 heteroatoms. The van der Waals surface area contributed by atoms with Crippen LogP contribution in [0.25, 0.3) is 0 Å². The summed E-state index contributed by atoms with van der Waals surface area (Å²) < 4.78 is 1.95. The smallest absolute Gasteiger partial charge is 0.222 e. The zero-order valence-corrected chi connectivity index (χ0v) is 16.4. The second kappa shape index (κ2) is 8.79. The maximum atomic E-state index is 12.6. The molecule has 1 N–H and O–H groups in total. The minimum atomic E-state index is -0.598. The van der Waals surface area contributed by atoms with Crippen molar-refractivity contribution >= 4 is 17.2 Å². The number of fused-ring (bicyclic) bond motifs is 1. The van der Waals surface area contributed by atoms with Crippen LogP contribution in [0, 0.1) is 0 Å². The summed E-state index contributed by atoms with van der Waals surface area (Å²) in [6, 6.07) is 6.13. The number of amides is 1. The van der Waals surface area contributed by atoms with Gasteiger partial charge in [-0.25, -0.2) is 0 Å². The largest absolute Gasteiger partial charge is 0.385 e. The van der Waals surface area contributed by atoms with E-state index in [2.05, 4.69) is 22.6 Å². The van der Waals surface area contributed by atoms with E-state index in [4.69, 9.17) is 0 Å². The number of nitrogens with zero attached hydrogens (tertiary/aromatic N) is 4. The highest BCUT2D eigenvalue weighted by molar-refractivity contribution is 7.09. The van der Waals surface area contributed by atoms with Gasteiger partial charge in [0.2, 0.25) is 5.91 Å². The van der Waals surface area contributed by atoms with Gasteiger partial charge in [0.25, 0.3) is 0 Å². The first-order valence-electron chi connectivity index (χ1n) is 9.22. The molecule has 1 aliphatic rings. The molecule has 142 valence electrons. The van der Waals surface area contributed by atoms with Gasteiger partial charge in [-0.2, -0.15) is 5.10 Å². The van der Waals surface area contributed by atoms with Crippen molar-refractivity contribution in [2.75, 3.05) is 27.2 Å². The Hall–Kier alpha value is -1.70. The van der Waals surface area contributed by atoms with Gasteiger partial charge < -0.3 is 14.9 Å². The number of aromatic nitrogens is 2. The van der Waals surface area contributed by atoms with Crippen LogP contribution in [0.15, 0.2) is 23.6 Å². The molecule has 1 aliphatic heterocycles. The van der Waals surface area contributed by atoms with E-state index < -0.39 is 6.10 Å². The van der Waals surface area contributed by atoms with Gasteiger partial charge in [0.15, 0.2) is 0 Å². The highest BCUT2D eigenvalue weighted by atomic mass is 32.1. The van der Waals surface area contributed by atoms with Gasteiger partial charge in [-0.15, -0.1) is 11.3 Å². The number of aliphatic hydroxyl groups excluding tert-OH is 1. The zero-order valence-electron chi connectivity index (χ0n) is 15.6. The lowest BCUT2D eigenvalue weighted by molar-refractivity contribution is -0.131. The Kier molecular flexibility index (Phi) is 6.45. The summed E-state index contributed by atoms with van der Waals surface area (Å²) in [5.41, 5.74) is 1.71. The van der Waals surface area contributed by atoms with Gasteiger partial charge in [-0.05, 0) is 50.9 Å². The van der Waals surface area contributed by atoms with Crippen molar-refractivity contribution in [3.8, 4) is 0 Å². The fourth-order valence-corrected chi connectivity index (χ4v) is 4.08. The summed E-state index contributed by atoms with van der Waals surface area (Å²) in [5, 5.41) is 16.9. The van der Waals surface area contributed by atoms with Gasteiger partial charge in [-0.1, -0.05) is 6.07 Å². The average Bonchev–Trinajstić information content (AvgIpc) is 3.20. The van der Waals surface area contributed by atoms with E-state index in [0.717, 1.165) is 38.0 Å². The highest BCUT2D eigenvalue weighted by Gasteiger charge is 2.22. The number of rotatable bonds is 7. The molecule has 2 aromatic heterocycles. The highest BCUT2D eigenvalue weighted by Crippen LogP contribution is 2.20. The van der Waals surface area contributed by atoms with Crippen LogP contribution in [-0.2, 0) is 24.3 Å². The van der Waals surface area contributed by atoms with Crippen LogP contribution < -0.4 is 0 Å². The molecule has 6 nitrogen and oxygen atoms in total. The number of carbonyl (C=O) groups is 1. The summed E-state index contributed by atoms with van der Waals surface area (Å²) in [4.78, 5) is 17.8. The molecular weight excluding hydrogens is 348 g/mol. The first kappa shape index (κ1) is 19.1. The molecule has 2 aromatic rings. The number of carbonyl (C=O) groups excluding carboxylic acids is 1. The maximum absolute atomic E-state index is 12.6. The molecule has 1 atom stereocenters. The lowest BCUT2D eigenvalue weighted by Gasteiger charge is -2.20. The Morgan fingerprint density at radius 3 is 3.00 bits per heavy atom. The first-order chi connectivity index (χ1) is 12.5. The zero-order chi connectivity index (χ0) is 18.5. The molecule has 0 radical (unpaired) electrons. The van der Waals surface area contributed by atoms with E-state index >= 15 is 0 Å². The Morgan fingerprint density at radius 2 is 2.27 bits per heavy atom. The molecular formula is C19H28N4O2S. The number of aryl methyl sites for hydroxylation is 2. The molecule has 0 aliphatic carbocycles. The monoisotopic (exact) mass is 376 g/mol. The van der Waals surface area contributed by atoms with E-state index in [1.165, 1.54) is 4.88 Å². The van der Waals surface area contributed by atoms with Crippen molar-refractivity contribution in [1.29, 1.82) is 0 Å². The number of hydrogen-bond acceptors (Lipinski definition) is 5. The second-order valence-electron chi connectivity index (χ2n) is 7.16. The molecule has 26 heavy (non-hydrogen) atoms. The molecule has 3 heterocycles. The third-order valence-electron chi connectivity index (χ3n) is 4.66. The Bertz CT molecular complexity index is 711. The molecule has 0 fully saturated rings. The van der Waals surface area contributed by atoms with E-state index in [-0.39, 0.29) is 5.91 Å². The lowest BCUT2D eigenvalue weighted by atomic mass is 10.2. The molecule has 1 amide bonds. The molecule has 0 saturated carbocycles. The quantitative estimate of drug-likeness (QED) is 0.805. The third kappa shape index (κ3) is 4.93. The summed E-state index contributed by atoms with van der Waals surface area (Å²) in [5.74, 6) is 0.214. The standard InChI is InChI=1S/C19H28N4O2S/c1-21(2)14-18(24)17-12-15-13-22(9-5-10-23(15)20-17)19(25)8-3-6-16-7-4-11-26-16/h4,7,11-12,18,24H,3,5-6,8-10,13-14H2,1-2H3/t18-/m0/s1. The van der Waals surface area contributed by atoms with E-state index in [1.54, 1.807) is 11.3 Å². The molecule has 0 unspecified atom stereocenters. The fraction of sp³-hybridized carbons (Fsp3) is 0.579. The summed E-state index contributed by atoms with van der Waals surface area (Å²) in [7, 11) is 3.86. The molecule has 3 rings (SSSR count). The molecule has 0 aromatic carbocycles. The van der Waals surface area contributed by atoms with E-state index in [0.29, 0.717) is 25.2 Å². The van der Waals surface area contributed by atoms with Crippen molar-refractivity contribution in [3.05, 3.63) is 39.8 Å². The lowest BCUT2D eigenvalue weighted by Crippen LogP contribution is -2.30. The minimum Gasteiger partial charge on any atom is -0.385 e. The SMILES string of the molecule is CN(C)C[C@H](O)c1cc2n(n1)CCCN(C(=O)CCCc1cccs1)C2. The van der Waals surface area contributed by atoms with Crippen LogP contribution in [0.5, 0.6) is 0 Å². The number of hydrogen-bond donors (Lipinski definition) is 1. The van der Waals surface area contributed by atoms with Crippen molar-refractivity contribution in [2.24, 2.45) is 0 Å².